The van der Waals surface area contributed by atoms with Crippen LogP contribution >= 0.6 is 11.8 Å². The summed E-state index contributed by atoms with van der Waals surface area (Å²) in [5.74, 6) is -1.65. The summed E-state index contributed by atoms with van der Waals surface area (Å²) in [5.41, 5.74) is 10.8. The monoisotopic (exact) mass is 287 g/mol. The van der Waals surface area contributed by atoms with Crippen molar-refractivity contribution in [1.29, 1.82) is 0 Å². The highest BCUT2D eigenvalue weighted by Gasteiger charge is 2.21. The molecule has 0 amide bonds. The van der Waals surface area contributed by atoms with Gasteiger partial charge in [0.1, 0.15) is 11.1 Å². The van der Waals surface area contributed by atoms with Gasteiger partial charge < -0.3 is 21.7 Å². The first-order valence-electron chi connectivity index (χ1n) is 5.20. The van der Waals surface area contributed by atoms with E-state index >= 15 is 0 Å². The molecule has 0 bridgehead atoms. The number of nitrogens with zero attached hydrogens (tertiary/aromatic N) is 3. The first-order chi connectivity index (χ1) is 8.88. The number of aliphatic carboxylic acids is 2. The van der Waals surface area contributed by atoms with E-state index in [9.17, 15) is 9.59 Å². The number of carboxylic acid groups (broad SMARTS) is 2. The number of anilines is 2. The molecule has 0 aliphatic rings. The Bertz CT molecular complexity index is 463. The molecule has 0 fully saturated rings. The second-order valence-electron chi connectivity index (χ2n) is 3.51. The van der Waals surface area contributed by atoms with Crippen LogP contribution < -0.4 is 11.5 Å². The molecular formula is C9H13N5O4S. The topological polar surface area (TPSA) is 165 Å². The Hall–Kier alpha value is -2.10. The lowest BCUT2D eigenvalue weighted by Gasteiger charge is -2.09. The third-order valence-corrected chi connectivity index (χ3v) is 3.21. The highest BCUT2D eigenvalue weighted by atomic mass is 32.2. The van der Waals surface area contributed by atoms with Crippen LogP contribution in [0.3, 0.4) is 0 Å². The van der Waals surface area contributed by atoms with Crippen LogP contribution in [0, 0.1) is 0 Å². The molecule has 0 spiro atoms. The van der Waals surface area contributed by atoms with Gasteiger partial charge in [0.05, 0.1) is 6.42 Å². The van der Waals surface area contributed by atoms with E-state index in [4.69, 9.17) is 21.7 Å². The number of hydrogen-bond donors (Lipinski definition) is 4. The fourth-order valence-electron chi connectivity index (χ4n) is 1.24. The summed E-state index contributed by atoms with van der Waals surface area (Å²) < 4.78 is 0. The van der Waals surface area contributed by atoms with Crippen LogP contribution in [0.25, 0.3) is 0 Å². The summed E-state index contributed by atoms with van der Waals surface area (Å²) in [6.07, 6.45) is -0.119. The Labute approximate surface area is 112 Å². The number of thioether (sulfide) groups is 1. The molecule has 6 N–H and O–H groups in total. The van der Waals surface area contributed by atoms with Gasteiger partial charge in [-0.2, -0.15) is 15.0 Å². The van der Waals surface area contributed by atoms with Crippen molar-refractivity contribution in [1.82, 2.24) is 15.0 Å². The highest BCUT2D eigenvalue weighted by molar-refractivity contribution is 8.00. The predicted octanol–water partition coefficient (Wildman–Crippen LogP) is -0.760. The molecule has 104 valence electrons. The van der Waals surface area contributed by atoms with E-state index in [2.05, 4.69) is 15.0 Å². The minimum Gasteiger partial charge on any atom is -0.481 e. The summed E-state index contributed by atoms with van der Waals surface area (Å²) in [6.45, 7) is 0. The molecule has 0 aliphatic heterocycles. The van der Waals surface area contributed by atoms with Gasteiger partial charge in [-0.25, -0.2) is 0 Å². The molecule has 19 heavy (non-hydrogen) atoms. The molecule has 1 aromatic heterocycles. The number of carboxylic acids is 2. The fourth-order valence-corrected chi connectivity index (χ4v) is 2.23. The normalized spacial score (nSPS) is 12.0. The Morgan fingerprint density at radius 1 is 1.16 bits per heavy atom. The zero-order valence-corrected chi connectivity index (χ0v) is 10.6. The third-order valence-electron chi connectivity index (χ3n) is 2.00. The number of nitrogen functional groups attached to an aromatic ring is 2. The minimum atomic E-state index is -1.16. The average Bonchev–Trinajstić information content (AvgIpc) is 2.25. The molecule has 1 atom stereocenters. The van der Waals surface area contributed by atoms with Gasteiger partial charge in [-0.1, -0.05) is 0 Å². The zero-order valence-electron chi connectivity index (χ0n) is 9.81. The van der Waals surface area contributed by atoms with Crippen LogP contribution in [0.2, 0.25) is 0 Å². The zero-order chi connectivity index (χ0) is 14.4. The quantitative estimate of drug-likeness (QED) is 0.500. The Balaban J connectivity index is 2.51. The first-order valence-corrected chi connectivity index (χ1v) is 6.25. The lowest BCUT2D eigenvalue weighted by atomic mass is 10.3. The van der Waals surface area contributed by atoms with Gasteiger partial charge in [-0.3, -0.25) is 9.59 Å². The molecule has 0 aromatic carbocycles. The van der Waals surface area contributed by atoms with Crippen LogP contribution in [0.4, 0.5) is 11.9 Å². The highest BCUT2D eigenvalue weighted by Crippen LogP contribution is 2.16. The molecule has 1 aromatic rings. The lowest BCUT2D eigenvalue weighted by molar-refractivity contribution is -0.142. The van der Waals surface area contributed by atoms with Gasteiger partial charge in [0, 0.05) is 12.2 Å². The van der Waals surface area contributed by atoms with Crippen molar-refractivity contribution < 1.29 is 19.8 Å². The van der Waals surface area contributed by atoms with Crippen molar-refractivity contribution in [2.45, 2.75) is 18.1 Å². The van der Waals surface area contributed by atoms with E-state index in [-0.39, 0.29) is 11.9 Å². The van der Waals surface area contributed by atoms with Gasteiger partial charge >= 0.3 is 11.9 Å². The largest absolute Gasteiger partial charge is 0.481 e. The summed E-state index contributed by atoms with van der Waals surface area (Å²) in [6, 6.07) is 0. The van der Waals surface area contributed by atoms with Crippen LogP contribution in [0.5, 0.6) is 0 Å². The molecule has 1 unspecified atom stereocenters. The van der Waals surface area contributed by atoms with E-state index in [1.165, 1.54) is 0 Å². The summed E-state index contributed by atoms with van der Waals surface area (Å²) in [7, 11) is 0. The molecule has 0 radical (unpaired) electrons. The summed E-state index contributed by atoms with van der Waals surface area (Å²) in [5, 5.41) is 16.4. The second kappa shape index (κ2) is 6.73. The van der Waals surface area contributed by atoms with Crippen LogP contribution in [-0.2, 0) is 16.0 Å². The van der Waals surface area contributed by atoms with E-state index < -0.39 is 23.6 Å². The third kappa shape index (κ3) is 5.38. The average molecular weight is 287 g/mol. The molecular weight excluding hydrogens is 274 g/mol. The van der Waals surface area contributed by atoms with Gasteiger partial charge in [-0.05, 0) is 0 Å². The van der Waals surface area contributed by atoms with Crippen molar-refractivity contribution in [2.24, 2.45) is 0 Å². The molecule has 0 saturated heterocycles. The maximum absolute atomic E-state index is 10.8. The molecule has 0 aliphatic carbocycles. The lowest BCUT2D eigenvalue weighted by Crippen LogP contribution is -2.21. The SMILES string of the molecule is Nc1nc(N)nc(CCSC(CC(=O)O)C(=O)O)n1. The van der Waals surface area contributed by atoms with Crippen LogP contribution in [0.15, 0.2) is 0 Å². The van der Waals surface area contributed by atoms with Gasteiger partial charge in [0.2, 0.25) is 11.9 Å². The standard InChI is InChI=1S/C9H13N5O4S/c10-8-12-5(13-9(11)14-8)1-2-19-4(7(17)18)3-6(15)16/h4H,1-3H2,(H,15,16)(H,17,18)(H4,10,11,12,13,14). The second-order valence-corrected chi connectivity index (χ2v) is 4.82. The fraction of sp³-hybridized carbons (Fsp3) is 0.444. The number of nitrogens with two attached hydrogens (primary N) is 2. The molecule has 1 heterocycles. The Kier molecular flexibility index (Phi) is 5.30. The van der Waals surface area contributed by atoms with Crippen molar-refractivity contribution >= 4 is 35.6 Å². The van der Waals surface area contributed by atoms with Gasteiger partial charge in [0.15, 0.2) is 0 Å². The number of carbonyl (C=O) groups is 2. The van der Waals surface area contributed by atoms with Crippen molar-refractivity contribution in [2.75, 3.05) is 17.2 Å². The van der Waals surface area contributed by atoms with Gasteiger partial charge in [-0.15, -0.1) is 11.8 Å². The van der Waals surface area contributed by atoms with E-state index in [0.717, 1.165) is 11.8 Å². The summed E-state index contributed by atoms with van der Waals surface area (Å²) in [4.78, 5) is 32.6. The first kappa shape index (κ1) is 15.0. The minimum absolute atomic E-state index is 0.00665. The smallest absolute Gasteiger partial charge is 0.317 e. The summed E-state index contributed by atoms with van der Waals surface area (Å²) >= 11 is 1.00. The molecule has 0 saturated carbocycles. The van der Waals surface area contributed by atoms with Crippen molar-refractivity contribution in [3.63, 3.8) is 0 Å². The molecule has 1 rings (SSSR count). The van der Waals surface area contributed by atoms with Crippen LogP contribution in [-0.4, -0.2) is 48.1 Å². The maximum Gasteiger partial charge on any atom is 0.317 e. The molecule has 9 nitrogen and oxygen atoms in total. The predicted molar refractivity (Wildman–Crippen MR) is 68.5 cm³/mol. The maximum atomic E-state index is 10.8. The Morgan fingerprint density at radius 2 is 1.74 bits per heavy atom. The van der Waals surface area contributed by atoms with Gasteiger partial charge in [0.25, 0.3) is 0 Å². The van der Waals surface area contributed by atoms with E-state index in [1.807, 2.05) is 0 Å². The molecule has 10 heteroatoms. The van der Waals surface area contributed by atoms with Crippen molar-refractivity contribution in [3.05, 3.63) is 5.82 Å². The Morgan fingerprint density at radius 3 is 2.21 bits per heavy atom. The van der Waals surface area contributed by atoms with Crippen molar-refractivity contribution in [3.8, 4) is 0 Å². The van der Waals surface area contributed by atoms with Crippen LogP contribution in [0.1, 0.15) is 12.2 Å². The van der Waals surface area contributed by atoms with E-state index in [1.54, 1.807) is 0 Å². The number of aromatic nitrogens is 3. The number of hydrogen-bond acceptors (Lipinski definition) is 8. The van der Waals surface area contributed by atoms with E-state index in [0.29, 0.717) is 18.0 Å². The number of rotatable bonds is 7. The number of aryl methyl sites for hydroxylation is 1.